The highest BCUT2D eigenvalue weighted by Crippen LogP contribution is 2.29. The van der Waals surface area contributed by atoms with Gasteiger partial charge in [0.1, 0.15) is 11.0 Å². The van der Waals surface area contributed by atoms with Crippen molar-refractivity contribution in [2.24, 2.45) is 7.05 Å². The van der Waals surface area contributed by atoms with E-state index in [1.165, 1.54) is 17.3 Å². The molecule has 2 aromatic heterocycles. The van der Waals surface area contributed by atoms with Gasteiger partial charge in [0.25, 0.3) is 0 Å². The molecule has 6 heteroatoms. The van der Waals surface area contributed by atoms with E-state index < -0.39 is 0 Å². The maximum Gasteiger partial charge on any atom is 0.192 e. The van der Waals surface area contributed by atoms with E-state index in [0.29, 0.717) is 6.42 Å². The Morgan fingerprint density at radius 2 is 1.96 bits per heavy atom. The zero-order chi connectivity index (χ0) is 17.1. The zero-order valence-corrected chi connectivity index (χ0v) is 14.7. The molecule has 1 aromatic carbocycles. The molecule has 0 aliphatic rings. The largest absolute Gasteiger partial charge is 0.469 e. The average molecular weight is 338 g/mol. The van der Waals surface area contributed by atoms with Crippen LogP contribution in [0.1, 0.15) is 16.9 Å². The van der Waals surface area contributed by atoms with Gasteiger partial charge in [-0.05, 0) is 31.9 Å². The summed E-state index contributed by atoms with van der Waals surface area (Å²) in [6, 6.07) is 12.5. The highest BCUT2D eigenvalue weighted by Gasteiger charge is 2.19. The van der Waals surface area contributed by atoms with Crippen LogP contribution in [0.15, 0.2) is 46.2 Å². The quantitative estimate of drug-likeness (QED) is 0.660. The van der Waals surface area contributed by atoms with E-state index in [2.05, 4.69) is 47.5 Å². The summed E-state index contributed by atoms with van der Waals surface area (Å²) in [5, 5.41) is 18.5. The van der Waals surface area contributed by atoms with Crippen LogP contribution in [-0.2, 0) is 13.5 Å². The van der Waals surface area contributed by atoms with Gasteiger partial charge in [0, 0.05) is 7.05 Å². The van der Waals surface area contributed by atoms with E-state index in [0.717, 1.165) is 27.9 Å². The van der Waals surface area contributed by atoms with Gasteiger partial charge in [-0.3, -0.25) is 0 Å². The second kappa shape index (κ2) is 6.93. The topological polar surface area (TPSA) is 67.6 Å². The summed E-state index contributed by atoms with van der Waals surface area (Å²) in [5.41, 5.74) is 3.28. The Hall–Kier alpha value is -2.52. The predicted octanol–water partition coefficient (Wildman–Crippen LogP) is 3.92. The van der Waals surface area contributed by atoms with Crippen molar-refractivity contribution >= 4 is 11.8 Å². The number of aryl methyl sites for hydroxylation is 2. The molecule has 0 saturated heterocycles. The smallest absolute Gasteiger partial charge is 0.192 e. The summed E-state index contributed by atoms with van der Waals surface area (Å²) >= 11 is 1.44. The zero-order valence-electron chi connectivity index (χ0n) is 13.9. The maximum absolute atomic E-state index is 9.49. The van der Waals surface area contributed by atoms with Crippen LogP contribution in [0.2, 0.25) is 0 Å². The molecule has 0 amide bonds. The van der Waals surface area contributed by atoms with Crippen LogP contribution in [0.3, 0.4) is 0 Å². The van der Waals surface area contributed by atoms with Crippen LogP contribution in [0.4, 0.5) is 0 Å². The molecule has 1 unspecified atom stereocenters. The highest BCUT2D eigenvalue weighted by atomic mass is 32.2. The number of nitriles is 1. The van der Waals surface area contributed by atoms with E-state index in [1.807, 2.05) is 24.6 Å². The number of nitrogens with zero attached hydrogens (tertiary/aromatic N) is 4. The van der Waals surface area contributed by atoms with Gasteiger partial charge in [-0.15, -0.1) is 10.2 Å². The normalized spacial score (nSPS) is 12.1. The van der Waals surface area contributed by atoms with E-state index in [4.69, 9.17) is 4.42 Å². The molecule has 0 radical (unpaired) electrons. The van der Waals surface area contributed by atoms with Crippen molar-refractivity contribution in [3.63, 3.8) is 0 Å². The molecular formula is C18H18N4OS. The highest BCUT2D eigenvalue weighted by molar-refractivity contribution is 8.00. The summed E-state index contributed by atoms with van der Waals surface area (Å²) in [6.07, 6.45) is 2.32. The van der Waals surface area contributed by atoms with Gasteiger partial charge in [0.15, 0.2) is 11.0 Å². The second-order valence-corrected chi connectivity index (χ2v) is 6.85. The van der Waals surface area contributed by atoms with Gasteiger partial charge < -0.3 is 8.98 Å². The van der Waals surface area contributed by atoms with Crippen LogP contribution in [0.5, 0.6) is 0 Å². The minimum absolute atomic E-state index is 0.214. The molecule has 0 aliphatic carbocycles. The van der Waals surface area contributed by atoms with Crippen molar-refractivity contribution in [1.29, 1.82) is 5.26 Å². The lowest BCUT2D eigenvalue weighted by Crippen LogP contribution is -2.06. The third-order valence-electron chi connectivity index (χ3n) is 3.87. The molecule has 0 bridgehead atoms. The number of furan rings is 1. The lowest BCUT2D eigenvalue weighted by molar-refractivity contribution is 0.534. The minimum atomic E-state index is -0.214. The Kier molecular flexibility index (Phi) is 4.72. The molecule has 122 valence electrons. The molecule has 3 aromatic rings. The van der Waals surface area contributed by atoms with E-state index in [-0.39, 0.29) is 5.25 Å². The first-order valence-corrected chi connectivity index (χ1v) is 8.52. The standard InChI is InChI=1S/C18H18N4OS/c1-12-4-6-14(7-5-12)10-15(11-19)24-18-21-20-17(22(18)3)16-8-9-23-13(16)2/h4-9,15H,10H2,1-3H3. The van der Waals surface area contributed by atoms with Crippen LogP contribution >= 0.6 is 11.8 Å². The van der Waals surface area contributed by atoms with Crippen molar-refractivity contribution in [2.75, 3.05) is 0 Å². The van der Waals surface area contributed by atoms with Gasteiger partial charge in [0.05, 0.1) is 17.9 Å². The van der Waals surface area contributed by atoms with Gasteiger partial charge in [-0.1, -0.05) is 41.6 Å². The van der Waals surface area contributed by atoms with Gasteiger partial charge >= 0.3 is 0 Å². The molecular weight excluding hydrogens is 320 g/mol. The summed E-state index contributed by atoms with van der Waals surface area (Å²) in [6.45, 7) is 3.95. The Labute approximate surface area is 145 Å². The Bertz CT molecular complexity index is 873. The van der Waals surface area contributed by atoms with Crippen LogP contribution in [-0.4, -0.2) is 20.0 Å². The lowest BCUT2D eigenvalue weighted by atomic mass is 10.1. The summed E-state index contributed by atoms with van der Waals surface area (Å²) in [4.78, 5) is 0. The summed E-state index contributed by atoms with van der Waals surface area (Å²) < 4.78 is 7.24. The molecule has 3 rings (SSSR count). The van der Waals surface area contributed by atoms with E-state index in [9.17, 15) is 5.26 Å². The van der Waals surface area contributed by atoms with Crippen molar-refractivity contribution < 1.29 is 4.42 Å². The minimum Gasteiger partial charge on any atom is -0.469 e. The predicted molar refractivity (Wildman–Crippen MR) is 93.6 cm³/mol. The van der Waals surface area contributed by atoms with Gasteiger partial charge in [-0.2, -0.15) is 5.26 Å². The number of hydrogen-bond acceptors (Lipinski definition) is 5. The molecule has 1 atom stereocenters. The fourth-order valence-corrected chi connectivity index (χ4v) is 3.36. The molecule has 0 spiro atoms. The summed E-state index contributed by atoms with van der Waals surface area (Å²) in [7, 11) is 1.91. The van der Waals surface area contributed by atoms with Crippen molar-refractivity contribution in [1.82, 2.24) is 14.8 Å². The maximum atomic E-state index is 9.49. The van der Waals surface area contributed by atoms with E-state index >= 15 is 0 Å². The SMILES string of the molecule is Cc1ccc(CC(C#N)Sc2nnc(-c3ccoc3C)n2C)cc1. The van der Waals surface area contributed by atoms with Crippen molar-refractivity contribution in [3.8, 4) is 17.5 Å². The first-order valence-electron chi connectivity index (χ1n) is 7.64. The monoisotopic (exact) mass is 338 g/mol. The Balaban J connectivity index is 1.77. The molecule has 24 heavy (non-hydrogen) atoms. The molecule has 5 nitrogen and oxygen atoms in total. The Morgan fingerprint density at radius 3 is 2.58 bits per heavy atom. The first-order chi connectivity index (χ1) is 11.6. The number of aromatic nitrogens is 3. The van der Waals surface area contributed by atoms with Crippen LogP contribution in [0.25, 0.3) is 11.4 Å². The molecule has 0 fully saturated rings. The first kappa shape index (κ1) is 16.3. The number of thioether (sulfide) groups is 1. The summed E-state index contributed by atoms with van der Waals surface area (Å²) in [5.74, 6) is 1.55. The fourth-order valence-electron chi connectivity index (χ4n) is 2.45. The lowest BCUT2D eigenvalue weighted by Gasteiger charge is -2.09. The number of benzene rings is 1. The third kappa shape index (κ3) is 3.36. The number of rotatable bonds is 5. The van der Waals surface area contributed by atoms with E-state index in [1.54, 1.807) is 6.26 Å². The molecule has 0 aliphatic heterocycles. The Morgan fingerprint density at radius 1 is 1.21 bits per heavy atom. The second-order valence-electron chi connectivity index (χ2n) is 5.68. The molecule has 0 N–H and O–H groups in total. The number of hydrogen-bond donors (Lipinski definition) is 0. The van der Waals surface area contributed by atoms with Crippen molar-refractivity contribution in [2.45, 2.75) is 30.7 Å². The van der Waals surface area contributed by atoms with Crippen LogP contribution in [0, 0.1) is 25.2 Å². The van der Waals surface area contributed by atoms with Crippen molar-refractivity contribution in [3.05, 3.63) is 53.5 Å². The average Bonchev–Trinajstić information content (AvgIpc) is 3.15. The molecule has 2 heterocycles. The van der Waals surface area contributed by atoms with Gasteiger partial charge in [0.2, 0.25) is 0 Å². The van der Waals surface area contributed by atoms with Crippen LogP contribution < -0.4 is 0 Å². The third-order valence-corrected chi connectivity index (χ3v) is 4.99. The van der Waals surface area contributed by atoms with Gasteiger partial charge in [-0.25, -0.2) is 0 Å². The fraction of sp³-hybridized carbons (Fsp3) is 0.278. The molecule has 0 saturated carbocycles.